The molecule has 2 aromatic rings. The first-order valence-electron chi connectivity index (χ1n) is 5.29. The van der Waals surface area contributed by atoms with Gasteiger partial charge >= 0.3 is 0 Å². The Bertz CT molecular complexity index is 595. The molecule has 94 valence electrons. The number of hydrogen-bond donors (Lipinski definition) is 2. The van der Waals surface area contributed by atoms with Crippen molar-refractivity contribution in [2.45, 2.75) is 6.92 Å². The van der Waals surface area contributed by atoms with E-state index in [0.29, 0.717) is 21.4 Å². The van der Waals surface area contributed by atoms with Gasteiger partial charge in [-0.25, -0.2) is 4.98 Å². The zero-order valence-electron chi connectivity index (χ0n) is 10.0. The molecule has 0 saturated heterocycles. The van der Waals surface area contributed by atoms with E-state index >= 15 is 0 Å². The Hall–Kier alpha value is -2.08. The number of carbonyl (C=O) groups is 1. The molecular weight excluding hydrogens is 250 g/mol. The van der Waals surface area contributed by atoms with Crippen LogP contribution in [-0.4, -0.2) is 23.0 Å². The Balaban J connectivity index is 2.32. The van der Waals surface area contributed by atoms with Gasteiger partial charge in [0.25, 0.3) is 5.91 Å². The van der Waals surface area contributed by atoms with Crippen molar-refractivity contribution in [1.82, 2.24) is 4.98 Å². The van der Waals surface area contributed by atoms with Crippen molar-refractivity contribution in [3.8, 4) is 5.75 Å². The maximum Gasteiger partial charge on any atom is 0.270 e. The number of benzene rings is 1. The lowest BCUT2D eigenvalue weighted by atomic mass is 10.2. The normalized spacial score (nSPS) is 10.3. The Morgan fingerprint density at radius 3 is 2.78 bits per heavy atom. The molecule has 5 nitrogen and oxygen atoms in total. The lowest BCUT2D eigenvalue weighted by Gasteiger charge is -2.16. The predicted octanol–water partition coefficient (Wildman–Crippen LogP) is 2.02. The molecule has 1 heterocycles. The maximum absolute atomic E-state index is 12.2. The molecular formula is C12H13N3O2S. The Kier molecular flexibility index (Phi) is 3.20. The molecule has 1 aromatic heterocycles. The number of thiazole rings is 1. The molecule has 6 heteroatoms. The highest BCUT2D eigenvalue weighted by Gasteiger charge is 2.19. The van der Waals surface area contributed by atoms with Gasteiger partial charge in [-0.1, -0.05) is 17.4 Å². The third-order valence-electron chi connectivity index (χ3n) is 2.53. The summed E-state index contributed by atoms with van der Waals surface area (Å²) in [6.07, 6.45) is 0. The van der Waals surface area contributed by atoms with Gasteiger partial charge in [-0.2, -0.15) is 0 Å². The van der Waals surface area contributed by atoms with Gasteiger partial charge in [0.15, 0.2) is 5.13 Å². The number of phenolic OH excluding ortho intramolecular Hbond substituents is 1. The highest BCUT2D eigenvalue weighted by Crippen LogP contribution is 2.25. The van der Waals surface area contributed by atoms with Crippen LogP contribution < -0.4 is 10.6 Å². The molecule has 1 aromatic carbocycles. The zero-order chi connectivity index (χ0) is 13.3. The first-order valence-corrected chi connectivity index (χ1v) is 6.10. The van der Waals surface area contributed by atoms with E-state index in [2.05, 4.69) is 4.98 Å². The van der Waals surface area contributed by atoms with Gasteiger partial charge in [-0.05, 0) is 19.1 Å². The maximum atomic E-state index is 12.2. The number of aromatic hydroxyl groups is 1. The molecule has 0 aliphatic rings. The number of nitrogen functional groups attached to an aromatic ring is 1. The van der Waals surface area contributed by atoms with Crippen molar-refractivity contribution in [2.24, 2.45) is 0 Å². The average Bonchev–Trinajstić information content (AvgIpc) is 2.66. The molecule has 0 bridgehead atoms. The van der Waals surface area contributed by atoms with Crippen LogP contribution in [0.4, 0.5) is 10.8 Å². The summed E-state index contributed by atoms with van der Waals surface area (Å²) in [6, 6.07) is 6.51. The zero-order valence-corrected chi connectivity index (χ0v) is 10.9. The quantitative estimate of drug-likeness (QED) is 0.868. The molecule has 0 spiro atoms. The van der Waals surface area contributed by atoms with E-state index < -0.39 is 0 Å². The van der Waals surface area contributed by atoms with Gasteiger partial charge in [-0.15, -0.1) is 0 Å². The minimum Gasteiger partial charge on any atom is -0.508 e. The van der Waals surface area contributed by atoms with Crippen molar-refractivity contribution >= 4 is 28.1 Å². The summed E-state index contributed by atoms with van der Waals surface area (Å²) in [7, 11) is 1.65. The van der Waals surface area contributed by atoms with E-state index in [-0.39, 0.29) is 11.7 Å². The molecule has 0 saturated carbocycles. The minimum absolute atomic E-state index is 0.118. The molecule has 18 heavy (non-hydrogen) atoms. The number of aryl methyl sites for hydroxylation is 1. The average molecular weight is 263 g/mol. The van der Waals surface area contributed by atoms with Crippen LogP contribution in [0.2, 0.25) is 0 Å². The smallest absolute Gasteiger partial charge is 0.270 e. The highest BCUT2D eigenvalue weighted by molar-refractivity contribution is 7.17. The molecule has 3 N–H and O–H groups in total. The highest BCUT2D eigenvalue weighted by atomic mass is 32.1. The van der Waals surface area contributed by atoms with E-state index in [1.54, 1.807) is 32.2 Å². The van der Waals surface area contributed by atoms with Gasteiger partial charge in [0, 0.05) is 18.8 Å². The molecule has 0 aliphatic carbocycles. The van der Waals surface area contributed by atoms with Crippen LogP contribution in [-0.2, 0) is 0 Å². The summed E-state index contributed by atoms with van der Waals surface area (Å²) in [5, 5.41) is 9.78. The largest absolute Gasteiger partial charge is 0.508 e. The third kappa shape index (κ3) is 2.28. The van der Waals surface area contributed by atoms with Crippen molar-refractivity contribution < 1.29 is 9.90 Å². The Morgan fingerprint density at radius 1 is 1.50 bits per heavy atom. The molecule has 0 fully saturated rings. The standard InChI is InChI=1S/C12H13N3O2S/c1-7-10(18-12(13)14-7)11(17)15(2)8-4-3-5-9(16)6-8/h3-6,16H,1-2H3,(H2,13,14). The van der Waals surface area contributed by atoms with Crippen LogP contribution >= 0.6 is 11.3 Å². The number of rotatable bonds is 2. The first kappa shape index (κ1) is 12.4. The number of amides is 1. The fourth-order valence-corrected chi connectivity index (χ4v) is 2.40. The van der Waals surface area contributed by atoms with Crippen molar-refractivity contribution in [3.05, 3.63) is 34.8 Å². The number of phenols is 1. The Morgan fingerprint density at radius 2 is 2.22 bits per heavy atom. The predicted molar refractivity (Wildman–Crippen MR) is 72.1 cm³/mol. The second-order valence-corrected chi connectivity index (χ2v) is 4.88. The summed E-state index contributed by atoms with van der Waals surface area (Å²) in [5.74, 6) is -0.0695. The topological polar surface area (TPSA) is 79.5 Å². The van der Waals surface area contributed by atoms with E-state index in [4.69, 9.17) is 5.73 Å². The summed E-state index contributed by atoms with van der Waals surface area (Å²) < 4.78 is 0. The number of carbonyl (C=O) groups excluding carboxylic acids is 1. The van der Waals surface area contributed by atoms with Crippen molar-refractivity contribution in [2.75, 3.05) is 17.7 Å². The third-order valence-corrected chi connectivity index (χ3v) is 3.50. The number of nitrogens with zero attached hydrogens (tertiary/aromatic N) is 2. The summed E-state index contributed by atoms with van der Waals surface area (Å²) >= 11 is 1.16. The SMILES string of the molecule is Cc1nc(N)sc1C(=O)N(C)c1cccc(O)c1. The van der Waals surface area contributed by atoms with Gasteiger partial charge in [0.1, 0.15) is 10.6 Å². The second kappa shape index (κ2) is 4.66. The van der Waals surface area contributed by atoms with Gasteiger partial charge in [-0.3, -0.25) is 4.79 Å². The molecule has 2 rings (SSSR count). The Labute approximate surface area is 108 Å². The van der Waals surface area contributed by atoms with Crippen molar-refractivity contribution in [3.63, 3.8) is 0 Å². The van der Waals surface area contributed by atoms with Crippen molar-refractivity contribution in [1.29, 1.82) is 0 Å². The minimum atomic E-state index is -0.188. The number of hydrogen-bond acceptors (Lipinski definition) is 5. The number of anilines is 2. The molecule has 0 aliphatic heterocycles. The van der Waals surface area contributed by atoms with Gasteiger partial charge < -0.3 is 15.7 Å². The number of aromatic nitrogens is 1. The van der Waals surface area contributed by atoms with Gasteiger partial charge in [0.05, 0.1) is 5.69 Å². The van der Waals surface area contributed by atoms with Gasteiger partial charge in [0.2, 0.25) is 0 Å². The molecule has 0 atom stereocenters. The van der Waals surface area contributed by atoms with E-state index in [1.165, 1.54) is 11.0 Å². The lowest BCUT2D eigenvalue weighted by Crippen LogP contribution is -2.25. The molecule has 1 amide bonds. The molecule has 0 unspecified atom stereocenters. The second-order valence-electron chi connectivity index (χ2n) is 3.85. The van der Waals surface area contributed by atoms with Crippen LogP contribution in [0.25, 0.3) is 0 Å². The first-order chi connectivity index (χ1) is 8.49. The van der Waals surface area contributed by atoms with Crippen LogP contribution in [0, 0.1) is 6.92 Å². The van der Waals surface area contributed by atoms with Crippen LogP contribution in [0.5, 0.6) is 5.75 Å². The monoisotopic (exact) mass is 263 g/mol. The van der Waals surface area contributed by atoms with E-state index in [9.17, 15) is 9.90 Å². The van der Waals surface area contributed by atoms with E-state index in [0.717, 1.165) is 11.3 Å². The van der Waals surface area contributed by atoms with Crippen LogP contribution in [0.15, 0.2) is 24.3 Å². The van der Waals surface area contributed by atoms with Crippen LogP contribution in [0.3, 0.4) is 0 Å². The molecule has 0 radical (unpaired) electrons. The van der Waals surface area contributed by atoms with Crippen LogP contribution in [0.1, 0.15) is 15.4 Å². The lowest BCUT2D eigenvalue weighted by molar-refractivity contribution is 0.0996. The summed E-state index contributed by atoms with van der Waals surface area (Å²) in [6.45, 7) is 1.75. The fraction of sp³-hybridized carbons (Fsp3) is 0.167. The fourth-order valence-electron chi connectivity index (χ4n) is 1.59. The summed E-state index contributed by atoms with van der Waals surface area (Å²) in [5.41, 5.74) is 6.81. The number of nitrogens with two attached hydrogens (primary N) is 1. The summed E-state index contributed by atoms with van der Waals surface area (Å²) in [4.78, 5) is 18.2. The van der Waals surface area contributed by atoms with E-state index in [1.807, 2.05) is 0 Å².